The van der Waals surface area contributed by atoms with Crippen molar-refractivity contribution in [1.82, 2.24) is 9.80 Å². The first-order chi connectivity index (χ1) is 9.61. The van der Waals surface area contributed by atoms with Crippen LogP contribution in [0.15, 0.2) is 30.3 Å². The van der Waals surface area contributed by atoms with Crippen molar-refractivity contribution in [2.75, 3.05) is 13.1 Å². The number of nitrogens with zero attached hydrogens (tertiary/aromatic N) is 2. The minimum absolute atomic E-state index is 0.237. The maximum Gasteiger partial charge on any atom is 0.237 e. The lowest BCUT2D eigenvalue weighted by Crippen LogP contribution is -2.43. The van der Waals surface area contributed by atoms with E-state index in [-0.39, 0.29) is 11.9 Å². The summed E-state index contributed by atoms with van der Waals surface area (Å²) < 4.78 is 0. The quantitative estimate of drug-likeness (QED) is 0.763. The van der Waals surface area contributed by atoms with Gasteiger partial charge in [0.1, 0.15) is 0 Å². The number of hydrogen-bond acceptors (Lipinski definition) is 2. The van der Waals surface area contributed by atoms with E-state index in [0.717, 1.165) is 6.54 Å². The van der Waals surface area contributed by atoms with E-state index in [0.29, 0.717) is 19.1 Å². The van der Waals surface area contributed by atoms with Crippen LogP contribution in [-0.4, -0.2) is 40.9 Å². The molecule has 0 unspecified atom stereocenters. The van der Waals surface area contributed by atoms with Gasteiger partial charge in [-0.25, -0.2) is 0 Å². The zero-order valence-corrected chi connectivity index (χ0v) is 12.9. The van der Waals surface area contributed by atoms with Crippen LogP contribution < -0.4 is 0 Å². The molecule has 1 aliphatic rings. The topological polar surface area (TPSA) is 23.6 Å². The van der Waals surface area contributed by atoms with E-state index in [1.165, 1.54) is 18.4 Å². The molecule has 20 heavy (non-hydrogen) atoms. The second-order valence-corrected chi connectivity index (χ2v) is 5.90. The molecule has 1 aliphatic carbocycles. The van der Waals surface area contributed by atoms with Crippen LogP contribution in [0, 0.1) is 0 Å². The molecule has 1 amide bonds. The fourth-order valence-electron chi connectivity index (χ4n) is 2.54. The second-order valence-electron chi connectivity index (χ2n) is 5.90. The number of likely N-dealkylation sites (N-methyl/N-ethyl adjacent to an activating group) is 1. The molecule has 2 rings (SSSR count). The molecule has 1 aromatic rings. The molecule has 3 nitrogen and oxygen atoms in total. The molecule has 0 atom stereocenters. The molecule has 1 fully saturated rings. The summed E-state index contributed by atoms with van der Waals surface area (Å²) in [6.07, 6.45) is 2.50. The number of carbonyl (C=O) groups is 1. The Balaban J connectivity index is 1.98. The summed E-state index contributed by atoms with van der Waals surface area (Å²) in [4.78, 5) is 16.9. The molecule has 0 aromatic heterocycles. The highest BCUT2D eigenvalue weighted by molar-refractivity contribution is 5.78. The highest BCUT2D eigenvalue weighted by atomic mass is 16.2. The van der Waals surface area contributed by atoms with Crippen LogP contribution in [0.3, 0.4) is 0 Å². The highest BCUT2D eigenvalue weighted by Gasteiger charge is 2.30. The second kappa shape index (κ2) is 6.89. The van der Waals surface area contributed by atoms with Crippen LogP contribution in [0.25, 0.3) is 0 Å². The molecular formula is C17H26N2O. The van der Waals surface area contributed by atoms with E-state index in [9.17, 15) is 4.79 Å². The summed E-state index contributed by atoms with van der Waals surface area (Å²) in [5.74, 6) is 0.248. The largest absolute Gasteiger partial charge is 0.335 e. The first-order valence-corrected chi connectivity index (χ1v) is 7.69. The van der Waals surface area contributed by atoms with Gasteiger partial charge < -0.3 is 4.90 Å². The van der Waals surface area contributed by atoms with Crippen molar-refractivity contribution in [2.45, 2.75) is 52.2 Å². The maximum absolute atomic E-state index is 12.6. The summed E-state index contributed by atoms with van der Waals surface area (Å²) in [7, 11) is 0. The maximum atomic E-state index is 12.6. The Morgan fingerprint density at radius 3 is 2.40 bits per heavy atom. The molecule has 0 spiro atoms. The Labute approximate surface area is 122 Å². The van der Waals surface area contributed by atoms with E-state index < -0.39 is 0 Å². The van der Waals surface area contributed by atoms with Crippen LogP contribution in [0.2, 0.25) is 0 Å². The van der Waals surface area contributed by atoms with E-state index in [2.05, 4.69) is 37.8 Å². The molecule has 0 radical (unpaired) electrons. The zero-order chi connectivity index (χ0) is 14.5. The van der Waals surface area contributed by atoms with Crippen molar-refractivity contribution in [2.24, 2.45) is 0 Å². The molecule has 110 valence electrons. The zero-order valence-electron chi connectivity index (χ0n) is 12.9. The molecule has 0 heterocycles. The van der Waals surface area contributed by atoms with Crippen molar-refractivity contribution >= 4 is 5.91 Å². The standard InChI is InChI=1S/C17H26N2O/c1-4-18(16-10-11-16)13-17(20)19(14(2)3)12-15-8-6-5-7-9-15/h5-9,14,16H,4,10-13H2,1-3H3. The number of carbonyl (C=O) groups excluding carboxylic acids is 1. The highest BCUT2D eigenvalue weighted by Crippen LogP contribution is 2.26. The Bertz CT molecular complexity index is 426. The van der Waals surface area contributed by atoms with Crippen LogP contribution in [0.1, 0.15) is 39.2 Å². The van der Waals surface area contributed by atoms with Gasteiger partial charge in [0.15, 0.2) is 0 Å². The summed E-state index contributed by atoms with van der Waals surface area (Å²) in [5, 5.41) is 0. The van der Waals surface area contributed by atoms with Crippen LogP contribution in [-0.2, 0) is 11.3 Å². The van der Waals surface area contributed by atoms with Gasteiger partial charge in [-0.2, -0.15) is 0 Å². The van der Waals surface area contributed by atoms with Crippen molar-refractivity contribution < 1.29 is 4.79 Å². The normalized spacial score (nSPS) is 14.8. The van der Waals surface area contributed by atoms with Crippen LogP contribution in [0.4, 0.5) is 0 Å². The molecule has 0 N–H and O–H groups in total. The SMILES string of the molecule is CCN(CC(=O)N(Cc1ccccc1)C(C)C)C1CC1. The van der Waals surface area contributed by atoms with E-state index in [1.54, 1.807) is 0 Å². The lowest BCUT2D eigenvalue weighted by molar-refractivity contribution is -0.134. The number of hydrogen-bond donors (Lipinski definition) is 0. The molecule has 3 heteroatoms. The molecule has 0 saturated heterocycles. The van der Waals surface area contributed by atoms with Gasteiger partial charge in [0, 0.05) is 18.6 Å². The molecule has 1 aromatic carbocycles. The first kappa shape index (κ1) is 15.0. The summed E-state index contributed by atoms with van der Waals surface area (Å²) >= 11 is 0. The Kier molecular flexibility index (Phi) is 5.18. The average Bonchev–Trinajstić information content (AvgIpc) is 3.27. The fraction of sp³-hybridized carbons (Fsp3) is 0.588. The van der Waals surface area contributed by atoms with Gasteiger partial charge in [-0.3, -0.25) is 9.69 Å². The Morgan fingerprint density at radius 2 is 1.90 bits per heavy atom. The third kappa shape index (κ3) is 4.07. The van der Waals surface area contributed by atoms with E-state index >= 15 is 0 Å². The number of benzene rings is 1. The monoisotopic (exact) mass is 274 g/mol. The van der Waals surface area contributed by atoms with Gasteiger partial charge in [-0.1, -0.05) is 37.3 Å². The van der Waals surface area contributed by atoms with Gasteiger partial charge >= 0.3 is 0 Å². The minimum atomic E-state index is 0.237. The Morgan fingerprint density at radius 1 is 1.25 bits per heavy atom. The predicted octanol–water partition coefficient (Wildman–Crippen LogP) is 2.91. The van der Waals surface area contributed by atoms with Gasteiger partial charge in [0.05, 0.1) is 6.54 Å². The minimum Gasteiger partial charge on any atom is -0.335 e. The first-order valence-electron chi connectivity index (χ1n) is 7.69. The molecule has 1 saturated carbocycles. The number of amides is 1. The van der Waals surface area contributed by atoms with Crippen molar-refractivity contribution in [1.29, 1.82) is 0 Å². The summed E-state index contributed by atoms with van der Waals surface area (Å²) in [6, 6.07) is 11.1. The van der Waals surface area contributed by atoms with Gasteiger partial charge in [-0.05, 0) is 38.8 Å². The lowest BCUT2D eigenvalue weighted by atomic mass is 10.2. The van der Waals surface area contributed by atoms with Crippen molar-refractivity contribution in [3.8, 4) is 0 Å². The predicted molar refractivity (Wildman–Crippen MR) is 82.4 cm³/mol. The fourth-order valence-corrected chi connectivity index (χ4v) is 2.54. The summed E-state index contributed by atoms with van der Waals surface area (Å²) in [6.45, 7) is 8.56. The van der Waals surface area contributed by atoms with Crippen molar-refractivity contribution in [3.05, 3.63) is 35.9 Å². The third-order valence-electron chi connectivity index (χ3n) is 3.95. The van der Waals surface area contributed by atoms with Gasteiger partial charge in [0.25, 0.3) is 0 Å². The molecule has 0 bridgehead atoms. The summed E-state index contributed by atoms with van der Waals surface area (Å²) in [5.41, 5.74) is 1.20. The Hall–Kier alpha value is -1.35. The van der Waals surface area contributed by atoms with E-state index in [4.69, 9.17) is 0 Å². The molecular weight excluding hydrogens is 248 g/mol. The van der Waals surface area contributed by atoms with E-state index in [1.807, 2.05) is 23.1 Å². The van der Waals surface area contributed by atoms with Crippen LogP contribution in [0.5, 0.6) is 0 Å². The third-order valence-corrected chi connectivity index (χ3v) is 3.95. The molecule has 0 aliphatic heterocycles. The van der Waals surface area contributed by atoms with Gasteiger partial charge in [-0.15, -0.1) is 0 Å². The lowest BCUT2D eigenvalue weighted by Gasteiger charge is -2.30. The van der Waals surface area contributed by atoms with Gasteiger partial charge in [0.2, 0.25) is 5.91 Å². The smallest absolute Gasteiger partial charge is 0.237 e. The van der Waals surface area contributed by atoms with Crippen molar-refractivity contribution in [3.63, 3.8) is 0 Å². The number of rotatable bonds is 7. The average molecular weight is 274 g/mol. The van der Waals surface area contributed by atoms with Crippen LogP contribution >= 0.6 is 0 Å².